The minimum Gasteiger partial charge on any atom is -0.393 e. The van der Waals surface area contributed by atoms with Gasteiger partial charge in [0.05, 0.1) is 6.10 Å². The monoisotopic (exact) mass is 321 g/mol. The number of likely N-dealkylation sites (tertiary alicyclic amines) is 1. The maximum atomic E-state index is 12.3. The summed E-state index contributed by atoms with van der Waals surface area (Å²) in [6.07, 6.45) is 5.37. The van der Waals surface area contributed by atoms with Crippen molar-refractivity contribution in [3.63, 3.8) is 0 Å². The zero-order valence-electron chi connectivity index (χ0n) is 13.9. The molecule has 0 bridgehead atoms. The number of carbonyl (C=O) groups excluding carboxylic acids is 1. The molecule has 6 heteroatoms. The summed E-state index contributed by atoms with van der Waals surface area (Å²) >= 11 is 0. The van der Waals surface area contributed by atoms with Gasteiger partial charge in [-0.2, -0.15) is 0 Å². The van der Waals surface area contributed by atoms with Gasteiger partial charge in [0.1, 0.15) is 5.76 Å². The summed E-state index contributed by atoms with van der Waals surface area (Å²) in [7, 11) is 0. The summed E-state index contributed by atoms with van der Waals surface area (Å²) in [5.74, 6) is 1.36. The van der Waals surface area contributed by atoms with E-state index >= 15 is 0 Å². The number of aryl methyl sites for hydroxylation is 1. The Balaban J connectivity index is 1.42. The van der Waals surface area contributed by atoms with Crippen molar-refractivity contribution in [1.29, 1.82) is 0 Å². The molecule has 1 aliphatic heterocycles. The molecule has 1 aromatic rings. The average Bonchev–Trinajstić information content (AvgIpc) is 2.96. The lowest BCUT2D eigenvalue weighted by molar-refractivity contribution is 0.0816. The van der Waals surface area contributed by atoms with E-state index in [-0.39, 0.29) is 12.0 Å². The van der Waals surface area contributed by atoms with E-state index in [1.165, 1.54) is 0 Å². The summed E-state index contributed by atoms with van der Waals surface area (Å²) < 4.78 is 5.33. The van der Waals surface area contributed by atoms with Gasteiger partial charge in [-0.25, -0.2) is 0 Å². The first-order valence-electron chi connectivity index (χ1n) is 8.79. The highest BCUT2D eigenvalue weighted by Crippen LogP contribution is 2.27. The summed E-state index contributed by atoms with van der Waals surface area (Å²) in [5.41, 5.74) is 1.49. The van der Waals surface area contributed by atoms with E-state index in [4.69, 9.17) is 4.52 Å². The van der Waals surface area contributed by atoms with Crippen LogP contribution in [0.3, 0.4) is 0 Å². The minimum absolute atomic E-state index is 0.113. The molecule has 128 valence electrons. The van der Waals surface area contributed by atoms with E-state index in [2.05, 4.69) is 22.3 Å². The fourth-order valence-corrected chi connectivity index (χ4v) is 3.49. The van der Waals surface area contributed by atoms with Crippen LogP contribution in [-0.4, -0.2) is 53.4 Å². The Morgan fingerprint density at radius 1 is 1.39 bits per heavy atom. The smallest absolute Gasteiger partial charge is 0.273 e. The number of amides is 1. The van der Waals surface area contributed by atoms with Crippen molar-refractivity contribution in [3.8, 4) is 0 Å². The predicted molar refractivity (Wildman–Crippen MR) is 86.3 cm³/mol. The van der Waals surface area contributed by atoms with Crippen molar-refractivity contribution in [1.82, 2.24) is 15.4 Å². The van der Waals surface area contributed by atoms with Gasteiger partial charge in [-0.1, -0.05) is 12.1 Å². The second-order valence-electron chi connectivity index (χ2n) is 6.96. The van der Waals surface area contributed by atoms with Crippen LogP contribution in [0.5, 0.6) is 0 Å². The molecule has 23 heavy (non-hydrogen) atoms. The number of carbonyl (C=O) groups is 1. The van der Waals surface area contributed by atoms with Gasteiger partial charge in [0.2, 0.25) is 0 Å². The van der Waals surface area contributed by atoms with Crippen LogP contribution in [0.1, 0.15) is 54.4 Å². The van der Waals surface area contributed by atoms with Crippen LogP contribution in [0.4, 0.5) is 0 Å². The van der Waals surface area contributed by atoms with E-state index in [1.807, 2.05) is 0 Å². The standard InChI is InChI=1S/C17H27N3O3/c1-12-3-4-15-14(11-12)16(19-23-15)17(22)18-7-2-8-20-9-5-13(21)6-10-20/h12-13,21H,2-11H2,1H3,(H,18,22). The van der Waals surface area contributed by atoms with E-state index in [0.29, 0.717) is 18.2 Å². The van der Waals surface area contributed by atoms with Gasteiger partial charge in [-0.3, -0.25) is 4.79 Å². The molecule has 1 aromatic heterocycles. The van der Waals surface area contributed by atoms with Crippen molar-refractivity contribution in [3.05, 3.63) is 17.0 Å². The average molecular weight is 321 g/mol. The van der Waals surface area contributed by atoms with Crippen molar-refractivity contribution in [2.24, 2.45) is 5.92 Å². The Bertz CT molecular complexity index is 535. The molecule has 1 saturated heterocycles. The number of hydrogen-bond acceptors (Lipinski definition) is 5. The fourth-order valence-electron chi connectivity index (χ4n) is 3.49. The Morgan fingerprint density at radius 2 is 2.17 bits per heavy atom. The van der Waals surface area contributed by atoms with Gasteiger partial charge < -0.3 is 19.8 Å². The lowest BCUT2D eigenvalue weighted by atomic mass is 9.88. The number of rotatable bonds is 5. The molecular formula is C17H27N3O3. The number of aromatic nitrogens is 1. The molecule has 2 aliphatic rings. The molecule has 1 amide bonds. The first-order chi connectivity index (χ1) is 11.1. The van der Waals surface area contributed by atoms with Crippen molar-refractivity contribution in [2.45, 2.75) is 51.6 Å². The van der Waals surface area contributed by atoms with Gasteiger partial charge in [-0.15, -0.1) is 0 Å². The van der Waals surface area contributed by atoms with E-state index in [9.17, 15) is 9.90 Å². The van der Waals surface area contributed by atoms with Crippen LogP contribution in [0.25, 0.3) is 0 Å². The van der Waals surface area contributed by atoms with Gasteiger partial charge in [0.25, 0.3) is 5.91 Å². The van der Waals surface area contributed by atoms with Crippen molar-refractivity contribution >= 4 is 5.91 Å². The highest BCUT2D eigenvalue weighted by atomic mass is 16.5. The molecule has 1 atom stereocenters. The van der Waals surface area contributed by atoms with Crippen LogP contribution in [-0.2, 0) is 12.8 Å². The van der Waals surface area contributed by atoms with E-state index in [0.717, 1.165) is 69.5 Å². The van der Waals surface area contributed by atoms with Crippen LogP contribution < -0.4 is 5.32 Å². The van der Waals surface area contributed by atoms with E-state index < -0.39 is 0 Å². The normalized spacial score (nSPS) is 22.8. The lowest BCUT2D eigenvalue weighted by Crippen LogP contribution is -2.37. The molecule has 0 aromatic carbocycles. The Labute approximate surface area is 137 Å². The third-order valence-electron chi connectivity index (χ3n) is 5.00. The molecule has 2 N–H and O–H groups in total. The van der Waals surface area contributed by atoms with Crippen molar-refractivity contribution in [2.75, 3.05) is 26.2 Å². The summed E-state index contributed by atoms with van der Waals surface area (Å²) in [6.45, 7) is 5.71. The van der Waals surface area contributed by atoms with Crippen LogP contribution in [0.2, 0.25) is 0 Å². The number of piperidine rings is 1. The highest BCUT2D eigenvalue weighted by molar-refractivity contribution is 5.93. The fraction of sp³-hybridized carbons (Fsp3) is 0.765. The zero-order chi connectivity index (χ0) is 16.2. The van der Waals surface area contributed by atoms with Crippen LogP contribution in [0, 0.1) is 5.92 Å². The number of hydrogen-bond donors (Lipinski definition) is 2. The van der Waals surface area contributed by atoms with E-state index in [1.54, 1.807) is 0 Å². The molecule has 2 heterocycles. The number of aliphatic hydroxyl groups is 1. The lowest BCUT2D eigenvalue weighted by Gasteiger charge is -2.29. The molecular weight excluding hydrogens is 294 g/mol. The predicted octanol–water partition coefficient (Wildman–Crippen LogP) is 1.38. The largest absolute Gasteiger partial charge is 0.393 e. The molecule has 1 unspecified atom stereocenters. The summed E-state index contributed by atoms with van der Waals surface area (Å²) in [6, 6.07) is 0. The van der Waals surface area contributed by atoms with Gasteiger partial charge in [-0.05, 0) is 44.6 Å². The second-order valence-corrected chi connectivity index (χ2v) is 6.96. The second kappa shape index (κ2) is 7.45. The third kappa shape index (κ3) is 4.12. The molecule has 1 fully saturated rings. The Hall–Kier alpha value is -1.40. The van der Waals surface area contributed by atoms with Gasteiger partial charge in [0, 0.05) is 31.6 Å². The molecule has 1 aliphatic carbocycles. The zero-order valence-corrected chi connectivity index (χ0v) is 13.9. The molecule has 0 spiro atoms. The first-order valence-corrected chi connectivity index (χ1v) is 8.79. The maximum absolute atomic E-state index is 12.3. The quantitative estimate of drug-likeness (QED) is 0.801. The number of aliphatic hydroxyl groups excluding tert-OH is 1. The summed E-state index contributed by atoms with van der Waals surface area (Å²) in [4.78, 5) is 14.6. The van der Waals surface area contributed by atoms with Crippen LogP contribution in [0.15, 0.2) is 4.52 Å². The summed E-state index contributed by atoms with van der Waals surface area (Å²) in [5, 5.41) is 16.4. The third-order valence-corrected chi connectivity index (χ3v) is 5.00. The van der Waals surface area contributed by atoms with Gasteiger partial charge >= 0.3 is 0 Å². The minimum atomic E-state index is -0.133. The Kier molecular flexibility index (Phi) is 5.33. The SMILES string of the molecule is CC1CCc2onc(C(=O)NCCCN3CCC(O)CC3)c2C1. The molecule has 0 saturated carbocycles. The van der Waals surface area contributed by atoms with Crippen molar-refractivity contribution < 1.29 is 14.4 Å². The maximum Gasteiger partial charge on any atom is 0.273 e. The molecule has 0 radical (unpaired) electrons. The first kappa shape index (κ1) is 16.5. The Morgan fingerprint density at radius 3 is 2.96 bits per heavy atom. The molecule has 3 rings (SSSR count). The topological polar surface area (TPSA) is 78.6 Å². The highest BCUT2D eigenvalue weighted by Gasteiger charge is 2.26. The van der Waals surface area contributed by atoms with Gasteiger partial charge in [0.15, 0.2) is 5.69 Å². The number of nitrogens with one attached hydrogen (secondary N) is 1. The van der Waals surface area contributed by atoms with Crippen LogP contribution >= 0.6 is 0 Å². The number of fused-ring (bicyclic) bond motifs is 1. The number of nitrogens with zero attached hydrogens (tertiary/aromatic N) is 2. The molecule has 6 nitrogen and oxygen atoms in total.